The zero-order valence-corrected chi connectivity index (χ0v) is 25.6. The third kappa shape index (κ3) is 7.98. The summed E-state index contributed by atoms with van der Waals surface area (Å²) in [5.41, 5.74) is 0.294. The van der Waals surface area contributed by atoms with Gasteiger partial charge in [0.2, 0.25) is 18.3 Å². The van der Waals surface area contributed by atoms with Crippen LogP contribution in [0.2, 0.25) is 0 Å². The van der Waals surface area contributed by atoms with Crippen LogP contribution < -0.4 is 5.32 Å². The summed E-state index contributed by atoms with van der Waals surface area (Å²) in [4.78, 5) is 68.9. The molecule has 0 saturated carbocycles. The Morgan fingerprint density at radius 3 is 2.40 bits per heavy atom. The van der Waals surface area contributed by atoms with Gasteiger partial charge in [-0.1, -0.05) is 36.7 Å². The van der Waals surface area contributed by atoms with Crippen LogP contribution >= 0.6 is 11.8 Å². The number of Topliss-reactive ketones (excluding diaryl/α,β-unsaturated/α-hetero) is 1. The molecule has 2 atom stereocenters. The Balaban J connectivity index is 1.68. The number of methoxy groups -OCH3 is 1. The summed E-state index contributed by atoms with van der Waals surface area (Å²) < 4.78 is 44.8. The van der Waals surface area contributed by atoms with Crippen LogP contribution in [0.25, 0.3) is 0 Å². The second kappa shape index (κ2) is 14.6. The van der Waals surface area contributed by atoms with Crippen LogP contribution in [0.4, 0.5) is 0 Å². The van der Waals surface area contributed by atoms with Crippen molar-refractivity contribution in [1.29, 1.82) is 0 Å². The van der Waals surface area contributed by atoms with Gasteiger partial charge in [0, 0.05) is 12.9 Å². The first-order valence-electron chi connectivity index (χ1n) is 12.7. The van der Waals surface area contributed by atoms with Crippen LogP contribution in [0, 0.1) is 12.8 Å². The minimum absolute atomic E-state index is 0.00137. The topological polar surface area (TPSA) is 193 Å². The first kappa shape index (κ1) is 33.7. The standard InChI is InChI=1S/C26H31N3O12S2/c1-14(2)25(33)39-13-40-26(34)21-16(10-37-4)12-42-24-20(23(32)29(21)24)27-22(31)19(28-38-5)18(30)11-41-43(35,36)17-8-6-15(3)7-9-17/h6-9,14,20,24H,10-13H2,1-5H3,(H,27,31)/t20?,24-/m0/s1. The van der Waals surface area contributed by atoms with Crippen LogP contribution in [0.5, 0.6) is 0 Å². The summed E-state index contributed by atoms with van der Waals surface area (Å²) in [6.45, 7) is 3.25. The lowest BCUT2D eigenvalue weighted by Crippen LogP contribution is -2.71. The predicted molar refractivity (Wildman–Crippen MR) is 150 cm³/mol. The van der Waals surface area contributed by atoms with Crippen LogP contribution in [0.15, 0.2) is 45.6 Å². The fourth-order valence-corrected chi connectivity index (χ4v) is 6.02. The van der Waals surface area contributed by atoms with Crippen LogP contribution in [-0.4, -0.2) is 100.0 Å². The third-order valence-electron chi connectivity index (χ3n) is 6.02. The number of esters is 2. The Morgan fingerprint density at radius 2 is 1.79 bits per heavy atom. The summed E-state index contributed by atoms with van der Waals surface area (Å²) in [6.07, 6.45) is 0. The number of amides is 2. The largest absolute Gasteiger partial charge is 0.428 e. The van der Waals surface area contributed by atoms with Gasteiger partial charge in [0.05, 0.1) is 17.4 Å². The number of hydrogen-bond donors (Lipinski definition) is 1. The SMILES string of the molecule is COCC1=C(C(=O)OCOC(=O)C(C)C)N2C(=O)C(NC(=O)C(=NOC)C(=O)COS(=O)(=O)c3ccc(C)cc3)[C@@H]2SC1. The average molecular weight is 642 g/mol. The van der Waals surface area contributed by atoms with E-state index in [-0.39, 0.29) is 23.0 Å². The Bertz CT molecular complexity index is 1440. The lowest BCUT2D eigenvalue weighted by atomic mass is 10.0. The van der Waals surface area contributed by atoms with Crippen molar-refractivity contribution in [2.75, 3.05) is 40.0 Å². The molecule has 0 aromatic heterocycles. The molecule has 1 aromatic rings. The van der Waals surface area contributed by atoms with E-state index in [1.54, 1.807) is 32.9 Å². The quantitative estimate of drug-likeness (QED) is 0.0554. The van der Waals surface area contributed by atoms with Gasteiger partial charge in [0.25, 0.3) is 21.9 Å². The van der Waals surface area contributed by atoms with Gasteiger partial charge in [-0.05, 0) is 24.6 Å². The highest BCUT2D eigenvalue weighted by Gasteiger charge is 2.55. The highest BCUT2D eigenvalue weighted by atomic mass is 32.2. The molecular formula is C26H31N3O12S2. The van der Waals surface area contributed by atoms with E-state index in [2.05, 4.69) is 15.3 Å². The highest BCUT2D eigenvalue weighted by molar-refractivity contribution is 8.00. The molecule has 234 valence electrons. The molecule has 3 rings (SSSR count). The van der Waals surface area contributed by atoms with E-state index in [0.717, 1.165) is 17.6 Å². The number of benzene rings is 1. The van der Waals surface area contributed by atoms with Gasteiger partial charge < -0.3 is 24.4 Å². The molecule has 1 aromatic carbocycles. The first-order valence-corrected chi connectivity index (χ1v) is 15.2. The molecule has 15 nitrogen and oxygen atoms in total. The van der Waals surface area contributed by atoms with Gasteiger partial charge in [0.15, 0.2) is 0 Å². The van der Waals surface area contributed by atoms with Gasteiger partial charge in [-0.2, -0.15) is 8.42 Å². The van der Waals surface area contributed by atoms with Gasteiger partial charge in [0.1, 0.15) is 30.8 Å². The number of carbonyl (C=O) groups excluding carboxylic acids is 5. The lowest BCUT2D eigenvalue weighted by Gasteiger charge is -2.49. The number of fused-ring (bicyclic) bond motifs is 1. The summed E-state index contributed by atoms with van der Waals surface area (Å²) in [5.74, 6) is -4.69. The number of nitrogens with zero attached hydrogens (tertiary/aromatic N) is 2. The molecule has 0 bridgehead atoms. The zero-order valence-electron chi connectivity index (χ0n) is 24.0. The minimum Gasteiger partial charge on any atom is -0.428 e. The predicted octanol–water partition coefficient (Wildman–Crippen LogP) is 0.272. The van der Waals surface area contributed by atoms with Crippen LogP contribution in [-0.2, 0) is 57.3 Å². The van der Waals surface area contributed by atoms with E-state index < -0.39 is 76.1 Å². The fourth-order valence-electron chi connectivity index (χ4n) is 3.83. The van der Waals surface area contributed by atoms with E-state index in [1.807, 2.05) is 0 Å². The number of hydrogen-bond acceptors (Lipinski definition) is 14. The smallest absolute Gasteiger partial charge is 0.358 e. The number of oxime groups is 1. The second-order valence-electron chi connectivity index (χ2n) is 9.49. The summed E-state index contributed by atoms with van der Waals surface area (Å²) >= 11 is 1.21. The number of nitrogens with one attached hydrogen (secondary N) is 1. The van der Waals surface area contributed by atoms with Crippen LogP contribution in [0.3, 0.4) is 0 Å². The number of ketones is 1. The molecule has 1 N–H and O–H groups in total. The van der Waals surface area contributed by atoms with E-state index >= 15 is 0 Å². The van der Waals surface area contributed by atoms with E-state index in [9.17, 15) is 32.4 Å². The van der Waals surface area contributed by atoms with Crippen molar-refractivity contribution in [3.63, 3.8) is 0 Å². The van der Waals surface area contributed by atoms with E-state index in [0.29, 0.717) is 5.57 Å². The fraction of sp³-hybridized carbons (Fsp3) is 0.462. The molecule has 1 saturated heterocycles. The van der Waals surface area contributed by atoms with Crippen molar-refractivity contribution in [2.24, 2.45) is 11.1 Å². The molecule has 0 radical (unpaired) electrons. The monoisotopic (exact) mass is 641 g/mol. The Kier molecular flexibility index (Phi) is 11.4. The Labute approximate surface area is 252 Å². The first-order chi connectivity index (χ1) is 20.3. The maximum atomic E-state index is 13.1. The summed E-state index contributed by atoms with van der Waals surface area (Å²) in [7, 11) is -1.86. The number of aryl methyl sites for hydroxylation is 1. The Hall–Kier alpha value is -3.80. The number of ether oxygens (including phenoxy) is 3. The average Bonchev–Trinajstić information content (AvgIpc) is 2.97. The molecule has 17 heteroatoms. The Morgan fingerprint density at radius 1 is 1.12 bits per heavy atom. The number of β-lactam (4-membered cyclic amide) rings is 1. The van der Waals surface area contributed by atoms with Crippen LogP contribution in [0.1, 0.15) is 19.4 Å². The van der Waals surface area contributed by atoms with Gasteiger partial charge in [-0.25, -0.2) is 4.79 Å². The molecule has 1 unspecified atom stereocenters. The van der Waals surface area contributed by atoms with E-state index in [4.69, 9.17) is 18.4 Å². The number of carbonyl (C=O) groups is 5. The van der Waals surface area contributed by atoms with Crippen molar-refractivity contribution in [3.05, 3.63) is 41.1 Å². The molecule has 1 fully saturated rings. The maximum Gasteiger partial charge on any atom is 0.358 e. The van der Waals surface area contributed by atoms with Crippen molar-refractivity contribution in [1.82, 2.24) is 10.2 Å². The molecule has 0 aliphatic carbocycles. The molecular weight excluding hydrogens is 610 g/mol. The van der Waals surface area contributed by atoms with Gasteiger partial charge in [-0.3, -0.25) is 28.3 Å². The van der Waals surface area contributed by atoms with Crippen molar-refractivity contribution in [3.8, 4) is 0 Å². The molecule has 0 spiro atoms. The molecule has 2 amide bonds. The summed E-state index contributed by atoms with van der Waals surface area (Å²) in [5, 5.41) is 5.01. The molecule has 43 heavy (non-hydrogen) atoms. The molecule has 2 aliphatic heterocycles. The normalized spacial score (nSPS) is 18.5. The molecule has 2 aliphatic rings. The lowest BCUT2D eigenvalue weighted by molar-refractivity contribution is -0.170. The highest BCUT2D eigenvalue weighted by Crippen LogP contribution is 2.40. The maximum absolute atomic E-state index is 13.1. The van der Waals surface area contributed by atoms with E-state index in [1.165, 1.54) is 31.0 Å². The molecule has 2 heterocycles. The van der Waals surface area contributed by atoms with Crippen molar-refractivity contribution < 1.29 is 55.6 Å². The minimum atomic E-state index is -4.33. The zero-order chi connectivity index (χ0) is 31.9. The second-order valence-corrected chi connectivity index (χ2v) is 12.2. The third-order valence-corrected chi connectivity index (χ3v) is 8.64. The van der Waals surface area contributed by atoms with Crippen molar-refractivity contribution in [2.45, 2.75) is 37.1 Å². The summed E-state index contributed by atoms with van der Waals surface area (Å²) in [6, 6.07) is 4.51. The number of thioether (sulfide) groups is 1. The van der Waals surface area contributed by atoms with Gasteiger partial charge >= 0.3 is 11.9 Å². The van der Waals surface area contributed by atoms with Gasteiger partial charge in [-0.15, -0.1) is 11.8 Å². The van der Waals surface area contributed by atoms with Crippen molar-refractivity contribution >= 4 is 57.1 Å². The number of rotatable bonds is 14.